The summed E-state index contributed by atoms with van der Waals surface area (Å²) in [5.74, 6) is -0.931. The Labute approximate surface area is 98.9 Å². The maximum atomic E-state index is 10.8. The number of nitrogens with zero attached hydrogens (tertiary/aromatic N) is 1. The Morgan fingerprint density at radius 2 is 2.00 bits per heavy atom. The largest absolute Gasteiger partial charge is 0.478 e. The number of carbonyl (C=O) groups is 1. The lowest BCUT2D eigenvalue weighted by Crippen LogP contribution is -1.98. The fourth-order valence-corrected chi connectivity index (χ4v) is 1.52. The molecule has 0 amide bonds. The van der Waals surface area contributed by atoms with Crippen molar-refractivity contribution in [2.24, 2.45) is 0 Å². The van der Waals surface area contributed by atoms with Crippen molar-refractivity contribution in [2.45, 2.75) is 6.92 Å². The third-order valence-corrected chi connectivity index (χ3v) is 2.29. The van der Waals surface area contributed by atoms with Crippen LogP contribution in [0.4, 0.5) is 11.4 Å². The standard InChI is InChI=1S/C13H12N2O2/c1-9-7-12(5-6-14-9)15-11-4-2-3-10(8-11)13(16)17/h2-8H,1H3,(H,14,15)(H,16,17). The summed E-state index contributed by atoms with van der Waals surface area (Å²) in [6, 6.07) is 10.4. The highest BCUT2D eigenvalue weighted by Crippen LogP contribution is 2.17. The molecule has 86 valence electrons. The zero-order valence-electron chi connectivity index (χ0n) is 9.34. The van der Waals surface area contributed by atoms with Crippen molar-refractivity contribution in [3.63, 3.8) is 0 Å². The van der Waals surface area contributed by atoms with E-state index in [1.165, 1.54) is 0 Å². The highest BCUT2D eigenvalue weighted by atomic mass is 16.4. The highest BCUT2D eigenvalue weighted by molar-refractivity contribution is 5.89. The summed E-state index contributed by atoms with van der Waals surface area (Å²) in [4.78, 5) is 14.9. The molecular weight excluding hydrogens is 216 g/mol. The van der Waals surface area contributed by atoms with Gasteiger partial charge in [0.2, 0.25) is 0 Å². The number of carboxylic acid groups (broad SMARTS) is 1. The Morgan fingerprint density at radius 3 is 2.71 bits per heavy atom. The van der Waals surface area contributed by atoms with Crippen LogP contribution in [0, 0.1) is 6.92 Å². The second kappa shape index (κ2) is 4.65. The van der Waals surface area contributed by atoms with Crippen molar-refractivity contribution >= 4 is 17.3 Å². The lowest BCUT2D eigenvalue weighted by atomic mass is 10.2. The van der Waals surface area contributed by atoms with E-state index in [0.29, 0.717) is 0 Å². The second-order valence-corrected chi connectivity index (χ2v) is 3.70. The molecule has 0 aliphatic carbocycles. The zero-order valence-corrected chi connectivity index (χ0v) is 9.34. The van der Waals surface area contributed by atoms with Crippen molar-refractivity contribution in [2.75, 3.05) is 5.32 Å². The van der Waals surface area contributed by atoms with E-state index in [-0.39, 0.29) is 5.56 Å². The van der Waals surface area contributed by atoms with E-state index >= 15 is 0 Å². The average molecular weight is 228 g/mol. The van der Waals surface area contributed by atoms with Crippen LogP contribution in [0.25, 0.3) is 0 Å². The molecule has 2 rings (SSSR count). The third-order valence-electron chi connectivity index (χ3n) is 2.29. The number of hydrogen-bond acceptors (Lipinski definition) is 3. The zero-order chi connectivity index (χ0) is 12.3. The number of aryl methyl sites for hydroxylation is 1. The van der Waals surface area contributed by atoms with Crippen LogP contribution in [0.5, 0.6) is 0 Å². The minimum atomic E-state index is -0.931. The molecule has 0 aliphatic rings. The number of pyridine rings is 1. The van der Waals surface area contributed by atoms with Crippen LogP contribution in [0.3, 0.4) is 0 Å². The molecule has 0 bridgehead atoms. The molecule has 0 radical (unpaired) electrons. The van der Waals surface area contributed by atoms with Gasteiger partial charge in [0.1, 0.15) is 0 Å². The first-order chi connectivity index (χ1) is 8.15. The monoisotopic (exact) mass is 228 g/mol. The van der Waals surface area contributed by atoms with Gasteiger partial charge in [0.15, 0.2) is 0 Å². The molecule has 0 aliphatic heterocycles. The number of aromatic nitrogens is 1. The fourth-order valence-electron chi connectivity index (χ4n) is 1.52. The average Bonchev–Trinajstić information content (AvgIpc) is 2.29. The Morgan fingerprint density at radius 1 is 1.24 bits per heavy atom. The van der Waals surface area contributed by atoms with Gasteiger partial charge in [0, 0.05) is 23.3 Å². The fraction of sp³-hybridized carbons (Fsp3) is 0.0769. The van der Waals surface area contributed by atoms with Gasteiger partial charge < -0.3 is 10.4 Å². The van der Waals surface area contributed by atoms with Crippen LogP contribution in [0.15, 0.2) is 42.6 Å². The van der Waals surface area contributed by atoms with Crippen molar-refractivity contribution in [1.29, 1.82) is 0 Å². The number of hydrogen-bond donors (Lipinski definition) is 2. The van der Waals surface area contributed by atoms with Gasteiger partial charge in [-0.15, -0.1) is 0 Å². The number of anilines is 2. The summed E-state index contributed by atoms with van der Waals surface area (Å²) in [6.07, 6.45) is 1.71. The Kier molecular flexibility index (Phi) is 3.05. The van der Waals surface area contributed by atoms with Gasteiger partial charge in [-0.3, -0.25) is 4.98 Å². The molecule has 0 spiro atoms. The van der Waals surface area contributed by atoms with E-state index in [1.807, 2.05) is 25.1 Å². The predicted molar refractivity (Wildman–Crippen MR) is 65.7 cm³/mol. The van der Waals surface area contributed by atoms with E-state index in [9.17, 15) is 4.79 Å². The Balaban J connectivity index is 2.24. The summed E-state index contributed by atoms with van der Waals surface area (Å²) in [6.45, 7) is 1.90. The molecule has 2 N–H and O–H groups in total. The molecular formula is C13H12N2O2. The smallest absolute Gasteiger partial charge is 0.335 e. The number of nitrogens with one attached hydrogen (secondary N) is 1. The van der Waals surface area contributed by atoms with Gasteiger partial charge >= 0.3 is 5.97 Å². The van der Waals surface area contributed by atoms with E-state index in [0.717, 1.165) is 17.1 Å². The molecule has 1 aromatic carbocycles. The second-order valence-electron chi connectivity index (χ2n) is 3.70. The van der Waals surface area contributed by atoms with Gasteiger partial charge in [0.25, 0.3) is 0 Å². The van der Waals surface area contributed by atoms with Crippen LogP contribution in [0.1, 0.15) is 16.1 Å². The summed E-state index contributed by atoms with van der Waals surface area (Å²) in [5.41, 5.74) is 2.81. The van der Waals surface area contributed by atoms with Crippen LogP contribution in [0.2, 0.25) is 0 Å². The van der Waals surface area contributed by atoms with Crippen LogP contribution in [-0.2, 0) is 0 Å². The Hall–Kier alpha value is -2.36. The van der Waals surface area contributed by atoms with Crippen LogP contribution < -0.4 is 5.32 Å². The van der Waals surface area contributed by atoms with E-state index in [1.54, 1.807) is 24.4 Å². The molecule has 17 heavy (non-hydrogen) atoms. The number of aromatic carboxylic acids is 1. The van der Waals surface area contributed by atoms with Crippen molar-refractivity contribution in [1.82, 2.24) is 4.98 Å². The molecule has 0 unspecified atom stereocenters. The quantitative estimate of drug-likeness (QED) is 0.847. The normalized spacial score (nSPS) is 9.94. The van der Waals surface area contributed by atoms with Crippen LogP contribution >= 0.6 is 0 Å². The minimum Gasteiger partial charge on any atom is -0.478 e. The maximum absolute atomic E-state index is 10.8. The predicted octanol–water partition coefficient (Wildman–Crippen LogP) is 2.83. The third kappa shape index (κ3) is 2.81. The SMILES string of the molecule is Cc1cc(Nc2cccc(C(=O)O)c2)ccn1. The molecule has 0 saturated carbocycles. The minimum absolute atomic E-state index is 0.265. The van der Waals surface area contributed by atoms with Gasteiger partial charge in [-0.1, -0.05) is 6.07 Å². The van der Waals surface area contributed by atoms with Gasteiger partial charge in [-0.05, 0) is 37.3 Å². The highest BCUT2D eigenvalue weighted by Gasteiger charge is 2.03. The molecule has 4 heteroatoms. The van der Waals surface area contributed by atoms with E-state index in [4.69, 9.17) is 5.11 Å². The first-order valence-corrected chi connectivity index (χ1v) is 5.18. The number of rotatable bonds is 3. The summed E-state index contributed by atoms with van der Waals surface area (Å²) < 4.78 is 0. The van der Waals surface area contributed by atoms with Crippen LogP contribution in [-0.4, -0.2) is 16.1 Å². The summed E-state index contributed by atoms with van der Waals surface area (Å²) in [5, 5.41) is 12.0. The summed E-state index contributed by atoms with van der Waals surface area (Å²) >= 11 is 0. The molecule has 0 fully saturated rings. The van der Waals surface area contributed by atoms with E-state index < -0.39 is 5.97 Å². The molecule has 2 aromatic rings. The molecule has 1 heterocycles. The van der Waals surface area contributed by atoms with Gasteiger partial charge in [0.05, 0.1) is 5.56 Å². The first kappa shape index (κ1) is 11.1. The topological polar surface area (TPSA) is 62.2 Å². The summed E-state index contributed by atoms with van der Waals surface area (Å²) in [7, 11) is 0. The maximum Gasteiger partial charge on any atom is 0.335 e. The first-order valence-electron chi connectivity index (χ1n) is 5.18. The van der Waals surface area contributed by atoms with Crippen molar-refractivity contribution in [3.8, 4) is 0 Å². The van der Waals surface area contributed by atoms with Gasteiger partial charge in [-0.25, -0.2) is 4.79 Å². The molecule has 0 atom stereocenters. The molecule has 0 saturated heterocycles. The lowest BCUT2D eigenvalue weighted by Gasteiger charge is -2.07. The lowest BCUT2D eigenvalue weighted by molar-refractivity contribution is 0.0697. The van der Waals surface area contributed by atoms with E-state index in [2.05, 4.69) is 10.3 Å². The van der Waals surface area contributed by atoms with Gasteiger partial charge in [-0.2, -0.15) is 0 Å². The molecule has 4 nitrogen and oxygen atoms in total. The van der Waals surface area contributed by atoms with Crippen molar-refractivity contribution in [3.05, 3.63) is 53.9 Å². The van der Waals surface area contributed by atoms with Crippen molar-refractivity contribution < 1.29 is 9.90 Å². The Bertz CT molecular complexity index is 553. The number of carboxylic acids is 1. The molecule has 1 aromatic heterocycles. The number of benzene rings is 1.